The van der Waals surface area contributed by atoms with Gasteiger partial charge in [0.05, 0.1) is 5.56 Å². The Kier molecular flexibility index (Phi) is 4.02. The molecule has 0 saturated heterocycles. The van der Waals surface area contributed by atoms with E-state index in [9.17, 15) is 9.18 Å². The summed E-state index contributed by atoms with van der Waals surface area (Å²) < 4.78 is 18.4. The van der Waals surface area contributed by atoms with Crippen LogP contribution in [-0.2, 0) is 0 Å². The van der Waals surface area contributed by atoms with Gasteiger partial charge in [-0.25, -0.2) is 9.18 Å². The third-order valence-corrected chi connectivity index (χ3v) is 2.51. The van der Waals surface area contributed by atoms with E-state index in [4.69, 9.17) is 9.84 Å². The van der Waals surface area contributed by atoms with Gasteiger partial charge in [0.15, 0.2) is 11.6 Å². The lowest BCUT2D eigenvalue weighted by Crippen LogP contribution is -2.09. The van der Waals surface area contributed by atoms with Crippen molar-refractivity contribution in [2.75, 3.05) is 0 Å². The van der Waals surface area contributed by atoms with Crippen LogP contribution in [0, 0.1) is 17.7 Å². The van der Waals surface area contributed by atoms with E-state index in [1.807, 2.05) is 0 Å². The first-order valence-corrected chi connectivity index (χ1v) is 5.83. The number of halogens is 1. The van der Waals surface area contributed by atoms with Crippen molar-refractivity contribution >= 4 is 5.97 Å². The fraction of sp³-hybridized carbons (Fsp3) is 0.0625. The molecular weight excluding hydrogens is 259 g/mol. The molecule has 0 aliphatic rings. The Labute approximate surface area is 115 Å². The number of aromatic hydroxyl groups is 1. The second kappa shape index (κ2) is 5.89. The average molecular weight is 270 g/mol. The van der Waals surface area contributed by atoms with Crippen LogP contribution >= 0.6 is 0 Å². The number of carbonyl (C=O) groups excluding carboxylic acids is 1. The maximum absolute atomic E-state index is 13.4. The molecule has 0 unspecified atom stereocenters. The van der Waals surface area contributed by atoms with E-state index >= 15 is 0 Å². The Morgan fingerprint density at radius 3 is 2.50 bits per heavy atom. The van der Waals surface area contributed by atoms with Crippen LogP contribution in [0.5, 0.6) is 11.5 Å². The molecule has 0 spiro atoms. The first kappa shape index (κ1) is 13.6. The molecule has 100 valence electrons. The summed E-state index contributed by atoms with van der Waals surface area (Å²) in [7, 11) is 0. The lowest BCUT2D eigenvalue weighted by Gasteiger charge is -2.05. The fourth-order valence-corrected chi connectivity index (χ4v) is 1.57. The maximum Gasteiger partial charge on any atom is 0.343 e. The highest BCUT2D eigenvalue weighted by molar-refractivity contribution is 5.91. The van der Waals surface area contributed by atoms with Gasteiger partial charge in [0.25, 0.3) is 0 Å². The number of benzene rings is 2. The number of hydrogen-bond acceptors (Lipinski definition) is 3. The van der Waals surface area contributed by atoms with Crippen LogP contribution in [0.4, 0.5) is 4.39 Å². The summed E-state index contributed by atoms with van der Waals surface area (Å²) in [6.45, 7) is 1.72. The molecule has 2 aromatic rings. The molecule has 2 aromatic carbocycles. The van der Waals surface area contributed by atoms with E-state index in [1.54, 1.807) is 31.2 Å². The maximum atomic E-state index is 13.4. The molecule has 4 heteroatoms. The van der Waals surface area contributed by atoms with Crippen LogP contribution in [-0.4, -0.2) is 11.1 Å². The zero-order chi connectivity index (χ0) is 14.5. The Bertz CT molecular complexity index is 694. The van der Waals surface area contributed by atoms with E-state index in [-0.39, 0.29) is 11.5 Å². The van der Waals surface area contributed by atoms with Crippen LogP contribution in [0.1, 0.15) is 22.8 Å². The van der Waals surface area contributed by atoms with Crippen molar-refractivity contribution in [3.63, 3.8) is 0 Å². The van der Waals surface area contributed by atoms with Crippen molar-refractivity contribution in [3.8, 4) is 23.3 Å². The number of phenols is 1. The minimum Gasteiger partial charge on any atom is -0.508 e. The number of ether oxygens (including phenoxy) is 1. The van der Waals surface area contributed by atoms with Crippen molar-refractivity contribution in [3.05, 3.63) is 59.4 Å². The van der Waals surface area contributed by atoms with E-state index in [1.165, 1.54) is 12.1 Å². The van der Waals surface area contributed by atoms with Crippen LogP contribution in [0.15, 0.2) is 42.5 Å². The summed E-state index contributed by atoms with van der Waals surface area (Å²) in [5.74, 6) is 3.66. The van der Waals surface area contributed by atoms with Crippen molar-refractivity contribution < 1.29 is 19.0 Å². The minimum atomic E-state index is -0.799. The Morgan fingerprint density at radius 1 is 1.20 bits per heavy atom. The van der Waals surface area contributed by atoms with Crippen molar-refractivity contribution in [1.29, 1.82) is 0 Å². The predicted molar refractivity (Wildman–Crippen MR) is 72.0 cm³/mol. The van der Waals surface area contributed by atoms with Crippen LogP contribution in [0.2, 0.25) is 0 Å². The first-order valence-electron chi connectivity index (χ1n) is 5.83. The molecule has 0 aliphatic heterocycles. The lowest BCUT2D eigenvalue weighted by atomic mass is 10.1. The smallest absolute Gasteiger partial charge is 0.343 e. The molecule has 0 aromatic heterocycles. The highest BCUT2D eigenvalue weighted by atomic mass is 19.1. The molecule has 0 bridgehead atoms. The molecule has 0 amide bonds. The Hall–Kier alpha value is -2.80. The van der Waals surface area contributed by atoms with E-state index in [0.29, 0.717) is 5.56 Å². The Balaban J connectivity index is 2.16. The van der Waals surface area contributed by atoms with Gasteiger partial charge in [-0.05, 0) is 43.3 Å². The quantitative estimate of drug-likeness (QED) is 0.518. The van der Waals surface area contributed by atoms with Gasteiger partial charge in [0.2, 0.25) is 0 Å². The molecule has 0 radical (unpaired) electrons. The standard InChI is InChI=1S/C16H11FO3/c1-2-3-11-4-6-12(7-5-11)16(19)20-15-9-8-13(18)10-14(15)17/h4-10,18H,1H3. The highest BCUT2D eigenvalue weighted by Crippen LogP contribution is 2.22. The minimum absolute atomic E-state index is 0.231. The second-order valence-electron chi connectivity index (χ2n) is 3.96. The van der Waals surface area contributed by atoms with Gasteiger partial charge in [0, 0.05) is 11.6 Å². The molecule has 20 heavy (non-hydrogen) atoms. The number of phenolic OH excluding ortho intramolecular Hbond substituents is 1. The van der Waals surface area contributed by atoms with Crippen LogP contribution in [0.25, 0.3) is 0 Å². The second-order valence-corrected chi connectivity index (χ2v) is 3.96. The van der Waals surface area contributed by atoms with Gasteiger partial charge in [-0.3, -0.25) is 0 Å². The molecular formula is C16H11FO3. The number of rotatable bonds is 2. The number of hydrogen-bond donors (Lipinski definition) is 1. The average Bonchev–Trinajstić information content (AvgIpc) is 2.43. The van der Waals surface area contributed by atoms with Gasteiger partial charge in [-0.1, -0.05) is 5.92 Å². The SMILES string of the molecule is CC#Cc1ccc(C(=O)Oc2ccc(O)cc2F)cc1. The summed E-state index contributed by atoms with van der Waals surface area (Å²) >= 11 is 0. The number of esters is 1. The third kappa shape index (κ3) is 3.15. The molecule has 0 saturated carbocycles. The molecule has 0 heterocycles. The summed E-state index contributed by atoms with van der Waals surface area (Å²) in [4.78, 5) is 11.8. The van der Waals surface area contributed by atoms with Gasteiger partial charge < -0.3 is 9.84 Å². The van der Waals surface area contributed by atoms with Crippen LogP contribution in [0.3, 0.4) is 0 Å². The summed E-state index contributed by atoms with van der Waals surface area (Å²) in [5.41, 5.74) is 1.07. The van der Waals surface area contributed by atoms with Crippen molar-refractivity contribution in [2.24, 2.45) is 0 Å². The molecule has 2 rings (SSSR count). The highest BCUT2D eigenvalue weighted by Gasteiger charge is 2.12. The van der Waals surface area contributed by atoms with Gasteiger partial charge >= 0.3 is 5.97 Å². The van der Waals surface area contributed by atoms with E-state index in [0.717, 1.165) is 11.6 Å². The van der Waals surface area contributed by atoms with Crippen LogP contribution < -0.4 is 4.74 Å². The normalized spacial score (nSPS) is 9.50. The molecule has 1 N–H and O–H groups in total. The van der Waals surface area contributed by atoms with Crippen molar-refractivity contribution in [2.45, 2.75) is 6.92 Å². The monoisotopic (exact) mass is 270 g/mol. The van der Waals surface area contributed by atoms with Gasteiger partial charge in [-0.15, -0.1) is 5.92 Å². The van der Waals surface area contributed by atoms with Gasteiger partial charge in [0.1, 0.15) is 5.75 Å². The molecule has 3 nitrogen and oxygen atoms in total. The third-order valence-electron chi connectivity index (χ3n) is 2.51. The first-order chi connectivity index (χ1) is 9.60. The Morgan fingerprint density at radius 2 is 1.90 bits per heavy atom. The van der Waals surface area contributed by atoms with Gasteiger partial charge in [-0.2, -0.15) is 0 Å². The number of carbonyl (C=O) groups is 1. The zero-order valence-electron chi connectivity index (χ0n) is 10.7. The predicted octanol–water partition coefficient (Wildman–Crippen LogP) is 3.12. The summed E-state index contributed by atoms with van der Waals surface area (Å²) in [5, 5.41) is 9.08. The topological polar surface area (TPSA) is 46.5 Å². The zero-order valence-corrected chi connectivity index (χ0v) is 10.7. The molecule has 0 fully saturated rings. The van der Waals surface area contributed by atoms with E-state index < -0.39 is 11.8 Å². The van der Waals surface area contributed by atoms with E-state index in [2.05, 4.69) is 11.8 Å². The van der Waals surface area contributed by atoms with Crippen molar-refractivity contribution in [1.82, 2.24) is 0 Å². The fourth-order valence-electron chi connectivity index (χ4n) is 1.57. The lowest BCUT2D eigenvalue weighted by molar-refractivity contribution is 0.0727. The summed E-state index contributed by atoms with van der Waals surface area (Å²) in [6, 6.07) is 9.79. The largest absolute Gasteiger partial charge is 0.508 e. The molecule has 0 aliphatic carbocycles. The molecule has 0 atom stereocenters. The summed E-state index contributed by atoms with van der Waals surface area (Å²) in [6.07, 6.45) is 0.